The van der Waals surface area contributed by atoms with E-state index in [0.29, 0.717) is 12.1 Å². The molecule has 3 heteroatoms. The number of hydrogen-bond donors (Lipinski definition) is 1. The monoisotopic (exact) mass is 264 g/mol. The fourth-order valence-corrected chi connectivity index (χ4v) is 2.81. The van der Waals surface area contributed by atoms with Crippen molar-refractivity contribution >= 4 is 0 Å². The third kappa shape index (κ3) is 3.15. The normalized spacial score (nSPS) is 30.3. The number of benzene rings is 1. The van der Waals surface area contributed by atoms with Gasteiger partial charge in [0.1, 0.15) is 5.82 Å². The van der Waals surface area contributed by atoms with Crippen LogP contribution in [-0.4, -0.2) is 29.6 Å². The molecule has 1 aromatic rings. The zero-order valence-electron chi connectivity index (χ0n) is 12.4. The van der Waals surface area contributed by atoms with Gasteiger partial charge in [0.15, 0.2) is 0 Å². The van der Waals surface area contributed by atoms with Crippen molar-refractivity contribution in [2.45, 2.75) is 51.7 Å². The topological polar surface area (TPSA) is 15.3 Å². The zero-order chi connectivity index (χ0) is 14.0. The van der Waals surface area contributed by atoms with Gasteiger partial charge in [-0.3, -0.25) is 4.90 Å². The van der Waals surface area contributed by atoms with E-state index in [2.05, 4.69) is 37.9 Å². The molecule has 106 valence electrons. The van der Waals surface area contributed by atoms with E-state index < -0.39 is 0 Å². The maximum atomic E-state index is 13.0. The van der Waals surface area contributed by atoms with E-state index in [1.54, 1.807) is 12.1 Å². The minimum absolute atomic E-state index is 0.164. The smallest absolute Gasteiger partial charge is 0.123 e. The maximum Gasteiger partial charge on any atom is 0.123 e. The van der Waals surface area contributed by atoms with E-state index in [1.165, 1.54) is 5.56 Å². The first-order chi connectivity index (χ1) is 8.95. The first kappa shape index (κ1) is 14.5. The Bertz CT molecular complexity index is 417. The predicted octanol–water partition coefficient (Wildman–Crippen LogP) is 3.35. The number of rotatable bonds is 3. The van der Waals surface area contributed by atoms with Crippen LogP contribution in [0.1, 0.15) is 45.7 Å². The van der Waals surface area contributed by atoms with Gasteiger partial charge in [0.2, 0.25) is 0 Å². The first-order valence-corrected chi connectivity index (χ1v) is 7.21. The van der Waals surface area contributed by atoms with Gasteiger partial charge in [0.25, 0.3) is 0 Å². The Morgan fingerprint density at radius 3 is 2.63 bits per heavy atom. The van der Waals surface area contributed by atoms with Crippen LogP contribution in [0.25, 0.3) is 0 Å². The van der Waals surface area contributed by atoms with Crippen LogP contribution < -0.4 is 5.32 Å². The molecule has 2 rings (SSSR count). The van der Waals surface area contributed by atoms with E-state index in [-0.39, 0.29) is 11.4 Å². The van der Waals surface area contributed by atoms with Crippen LogP contribution in [-0.2, 0) is 0 Å². The molecule has 19 heavy (non-hydrogen) atoms. The first-order valence-electron chi connectivity index (χ1n) is 7.21. The highest BCUT2D eigenvalue weighted by atomic mass is 19.1. The van der Waals surface area contributed by atoms with Crippen LogP contribution in [0.5, 0.6) is 0 Å². The molecule has 1 fully saturated rings. The second-order valence-corrected chi connectivity index (χ2v) is 6.04. The molecule has 1 aliphatic heterocycles. The second-order valence-electron chi connectivity index (χ2n) is 6.04. The van der Waals surface area contributed by atoms with Crippen LogP contribution in [0.3, 0.4) is 0 Å². The van der Waals surface area contributed by atoms with Gasteiger partial charge in [-0.25, -0.2) is 4.39 Å². The Hall–Kier alpha value is -0.930. The zero-order valence-corrected chi connectivity index (χ0v) is 12.4. The Balaban J connectivity index is 2.16. The van der Waals surface area contributed by atoms with Crippen molar-refractivity contribution in [1.29, 1.82) is 0 Å². The fraction of sp³-hybridized carbons (Fsp3) is 0.625. The lowest BCUT2D eigenvalue weighted by atomic mass is 9.91. The Labute approximate surface area is 116 Å². The molecule has 1 heterocycles. The molecule has 0 spiro atoms. The number of nitrogens with one attached hydrogen (secondary N) is 1. The lowest BCUT2D eigenvalue weighted by Crippen LogP contribution is -2.62. The molecule has 1 saturated heterocycles. The summed E-state index contributed by atoms with van der Waals surface area (Å²) in [4.78, 5) is 2.52. The van der Waals surface area contributed by atoms with Crippen LogP contribution >= 0.6 is 0 Å². The van der Waals surface area contributed by atoms with Crippen molar-refractivity contribution in [3.8, 4) is 0 Å². The molecular formula is C16H25FN2. The molecule has 0 aromatic heterocycles. The summed E-state index contributed by atoms with van der Waals surface area (Å²) in [6.07, 6.45) is 1.12. The number of piperazine rings is 1. The van der Waals surface area contributed by atoms with E-state index in [4.69, 9.17) is 0 Å². The largest absolute Gasteiger partial charge is 0.309 e. The summed E-state index contributed by atoms with van der Waals surface area (Å²) in [6, 6.07) is 7.73. The van der Waals surface area contributed by atoms with Crippen LogP contribution in [0.4, 0.5) is 4.39 Å². The standard InChI is InChI=1S/C16H25FN2/c1-5-16(4)11-19(12(2)10-18-16)13(3)14-6-8-15(17)9-7-14/h6-9,12-13,18H,5,10-11H2,1-4H3. The summed E-state index contributed by atoms with van der Waals surface area (Å²) >= 11 is 0. The van der Waals surface area contributed by atoms with Gasteiger partial charge in [0.05, 0.1) is 0 Å². The summed E-state index contributed by atoms with van der Waals surface area (Å²) in [5.41, 5.74) is 1.37. The lowest BCUT2D eigenvalue weighted by molar-refractivity contribution is 0.0597. The molecular weight excluding hydrogens is 239 g/mol. The van der Waals surface area contributed by atoms with Gasteiger partial charge >= 0.3 is 0 Å². The SMILES string of the molecule is CCC1(C)CN(C(C)c2ccc(F)cc2)C(C)CN1. The quantitative estimate of drug-likeness (QED) is 0.900. The van der Waals surface area contributed by atoms with E-state index in [9.17, 15) is 4.39 Å². The van der Waals surface area contributed by atoms with Gasteiger partial charge in [-0.2, -0.15) is 0 Å². The molecule has 3 atom stereocenters. The van der Waals surface area contributed by atoms with Gasteiger partial charge < -0.3 is 5.32 Å². The number of nitrogens with zero attached hydrogens (tertiary/aromatic N) is 1. The highest BCUT2D eigenvalue weighted by Gasteiger charge is 2.35. The molecule has 0 radical (unpaired) electrons. The van der Waals surface area contributed by atoms with Gasteiger partial charge in [0, 0.05) is 30.7 Å². The van der Waals surface area contributed by atoms with Gasteiger partial charge in [-0.05, 0) is 44.9 Å². The summed E-state index contributed by atoms with van der Waals surface area (Å²) in [7, 11) is 0. The summed E-state index contributed by atoms with van der Waals surface area (Å²) in [5, 5.41) is 3.64. The highest BCUT2D eigenvalue weighted by Crippen LogP contribution is 2.28. The maximum absolute atomic E-state index is 13.0. The Morgan fingerprint density at radius 1 is 1.42 bits per heavy atom. The molecule has 0 bridgehead atoms. The third-order valence-corrected chi connectivity index (χ3v) is 4.55. The van der Waals surface area contributed by atoms with Crippen LogP contribution in [0.15, 0.2) is 24.3 Å². The van der Waals surface area contributed by atoms with Crippen LogP contribution in [0.2, 0.25) is 0 Å². The Kier molecular flexibility index (Phi) is 4.26. The number of halogens is 1. The molecule has 0 aliphatic carbocycles. The minimum Gasteiger partial charge on any atom is -0.309 e. The van der Waals surface area contributed by atoms with Crippen molar-refractivity contribution < 1.29 is 4.39 Å². The highest BCUT2D eigenvalue weighted by molar-refractivity contribution is 5.20. The average molecular weight is 264 g/mol. The Morgan fingerprint density at radius 2 is 2.05 bits per heavy atom. The van der Waals surface area contributed by atoms with Crippen molar-refractivity contribution in [2.75, 3.05) is 13.1 Å². The molecule has 2 nitrogen and oxygen atoms in total. The minimum atomic E-state index is -0.164. The molecule has 0 amide bonds. The molecule has 1 N–H and O–H groups in total. The molecule has 3 unspecified atom stereocenters. The lowest BCUT2D eigenvalue weighted by Gasteiger charge is -2.47. The van der Waals surface area contributed by atoms with Crippen molar-refractivity contribution in [3.63, 3.8) is 0 Å². The molecule has 0 saturated carbocycles. The van der Waals surface area contributed by atoms with E-state index in [0.717, 1.165) is 19.5 Å². The summed E-state index contributed by atoms with van der Waals surface area (Å²) in [5.74, 6) is -0.164. The molecule has 1 aromatic carbocycles. The van der Waals surface area contributed by atoms with Crippen molar-refractivity contribution in [1.82, 2.24) is 10.2 Å². The van der Waals surface area contributed by atoms with Crippen molar-refractivity contribution in [2.24, 2.45) is 0 Å². The average Bonchev–Trinajstić information content (AvgIpc) is 2.42. The number of hydrogen-bond acceptors (Lipinski definition) is 2. The van der Waals surface area contributed by atoms with Gasteiger partial charge in [-0.15, -0.1) is 0 Å². The van der Waals surface area contributed by atoms with Gasteiger partial charge in [-0.1, -0.05) is 19.1 Å². The van der Waals surface area contributed by atoms with Crippen LogP contribution in [0, 0.1) is 5.82 Å². The van der Waals surface area contributed by atoms with Crippen molar-refractivity contribution in [3.05, 3.63) is 35.6 Å². The van der Waals surface area contributed by atoms with E-state index >= 15 is 0 Å². The third-order valence-electron chi connectivity index (χ3n) is 4.55. The predicted molar refractivity (Wildman–Crippen MR) is 77.7 cm³/mol. The summed E-state index contributed by atoms with van der Waals surface area (Å²) in [6.45, 7) is 11.0. The summed E-state index contributed by atoms with van der Waals surface area (Å²) < 4.78 is 13.0. The molecule has 1 aliphatic rings. The fourth-order valence-electron chi connectivity index (χ4n) is 2.81. The second kappa shape index (κ2) is 5.59. The van der Waals surface area contributed by atoms with E-state index in [1.807, 2.05) is 12.1 Å².